The average Bonchev–Trinajstić information content (AvgIpc) is 2.87. The second-order valence-corrected chi connectivity index (χ2v) is 10.6. The van der Waals surface area contributed by atoms with Gasteiger partial charge in [-0.15, -0.1) is 0 Å². The molecule has 238 valence electrons. The molecule has 0 aromatic heterocycles. The van der Waals surface area contributed by atoms with Gasteiger partial charge in [-0.25, -0.2) is 9.59 Å². The Kier molecular flexibility index (Phi) is 9.57. The van der Waals surface area contributed by atoms with Gasteiger partial charge in [-0.05, 0) is 73.7 Å². The SMILES string of the molecule is COC(=O)N(Cc1cc(C(F)(F)F)cc(C(F)(F)F)c1)C1CC(C(C)C)N(C(=O)OC(C)C)c2ccc(C(F)(F)F)cc21. The highest BCUT2D eigenvalue weighted by Crippen LogP contribution is 2.46. The van der Waals surface area contributed by atoms with Gasteiger partial charge in [0.1, 0.15) is 0 Å². The monoisotopic (exact) mass is 628 g/mol. The summed E-state index contributed by atoms with van der Waals surface area (Å²) in [5.41, 5.74) is -5.30. The second-order valence-electron chi connectivity index (χ2n) is 10.6. The van der Waals surface area contributed by atoms with Gasteiger partial charge in [-0.2, -0.15) is 39.5 Å². The molecular formula is C28H29F9N2O4. The number of fused-ring (bicyclic) bond motifs is 1. The molecular weight excluding hydrogens is 599 g/mol. The van der Waals surface area contributed by atoms with Gasteiger partial charge in [0.25, 0.3) is 0 Å². The highest BCUT2D eigenvalue weighted by atomic mass is 19.4. The number of rotatable bonds is 5. The van der Waals surface area contributed by atoms with E-state index in [1.54, 1.807) is 27.7 Å². The Balaban J connectivity index is 2.26. The third kappa shape index (κ3) is 7.66. The first-order valence-electron chi connectivity index (χ1n) is 13.0. The van der Waals surface area contributed by atoms with Crippen molar-refractivity contribution in [2.75, 3.05) is 12.0 Å². The number of alkyl halides is 9. The maximum atomic E-state index is 13.8. The number of amides is 2. The number of benzene rings is 2. The van der Waals surface area contributed by atoms with E-state index in [-0.39, 0.29) is 29.7 Å². The van der Waals surface area contributed by atoms with Gasteiger partial charge < -0.3 is 9.47 Å². The van der Waals surface area contributed by atoms with Crippen LogP contribution in [0.5, 0.6) is 0 Å². The van der Waals surface area contributed by atoms with Crippen LogP contribution in [0, 0.1) is 5.92 Å². The molecule has 2 amide bonds. The molecule has 0 bridgehead atoms. The molecule has 2 atom stereocenters. The van der Waals surface area contributed by atoms with Crippen LogP contribution in [0.2, 0.25) is 0 Å². The zero-order chi connectivity index (χ0) is 32.7. The van der Waals surface area contributed by atoms with Crippen LogP contribution in [0.15, 0.2) is 36.4 Å². The maximum Gasteiger partial charge on any atom is 0.416 e. The van der Waals surface area contributed by atoms with E-state index < -0.39 is 77.7 Å². The summed E-state index contributed by atoms with van der Waals surface area (Å²) in [6.07, 6.45) is -18.2. The fraction of sp³-hybridized carbons (Fsp3) is 0.500. The summed E-state index contributed by atoms with van der Waals surface area (Å²) in [5, 5.41) is 0. The Morgan fingerprint density at radius 1 is 0.860 bits per heavy atom. The molecule has 0 saturated carbocycles. The third-order valence-electron chi connectivity index (χ3n) is 6.86. The van der Waals surface area contributed by atoms with Gasteiger partial charge in [-0.1, -0.05) is 13.8 Å². The second kappa shape index (κ2) is 12.2. The molecule has 0 saturated heterocycles. The molecule has 0 aliphatic carbocycles. The van der Waals surface area contributed by atoms with Crippen molar-refractivity contribution >= 4 is 17.9 Å². The van der Waals surface area contributed by atoms with Crippen LogP contribution in [0.25, 0.3) is 0 Å². The van der Waals surface area contributed by atoms with Gasteiger partial charge in [0.05, 0.1) is 41.6 Å². The van der Waals surface area contributed by atoms with Crippen molar-refractivity contribution in [1.82, 2.24) is 4.90 Å². The number of carbonyl (C=O) groups is 2. The number of hydrogen-bond acceptors (Lipinski definition) is 4. The van der Waals surface area contributed by atoms with Gasteiger partial charge in [0.15, 0.2) is 0 Å². The quantitative estimate of drug-likeness (QED) is 0.311. The first kappa shape index (κ1) is 33.8. The number of methoxy groups -OCH3 is 1. The minimum atomic E-state index is -5.18. The lowest BCUT2D eigenvalue weighted by atomic mass is 9.84. The smallest absolute Gasteiger partial charge is 0.416 e. The summed E-state index contributed by atoms with van der Waals surface area (Å²) in [5.74, 6) is -0.387. The topological polar surface area (TPSA) is 59.1 Å². The summed E-state index contributed by atoms with van der Waals surface area (Å²) in [7, 11) is 0.907. The molecule has 3 rings (SSSR count). The molecule has 1 aliphatic rings. The number of nitrogens with zero attached hydrogens (tertiary/aromatic N) is 2. The molecule has 15 heteroatoms. The van der Waals surface area contributed by atoms with E-state index in [1.807, 2.05) is 0 Å². The van der Waals surface area contributed by atoms with E-state index >= 15 is 0 Å². The molecule has 0 radical (unpaired) electrons. The Morgan fingerprint density at radius 2 is 1.40 bits per heavy atom. The van der Waals surface area contributed by atoms with E-state index in [1.165, 1.54) is 0 Å². The zero-order valence-electron chi connectivity index (χ0n) is 23.6. The van der Waals surface area contributed by atoms with Gasteiger partial charge >= 0.3 is 30.7 Å². The summed E-state index contributed by atoms with van der Waals surface area (Å²) in [4.78, 5) is 28.1. The van der Waals surface area contributed by atoms with E-state index in [9.17, 15) is 49.1 Å². The van der Waals surface area contributed by atoms with Gasteiger partial charge in [0.2, 0.25) is 0 Å². The first-order chi connectivity index (χ1) is 19.6. The normalized spacial score (nSPS) is 17.6. The van der Waals surface area contributed by atoms with Crippen molar-refractivity contribution < 1.29 is 58.6 Å². The Labute approximate surface area is 241 Å². The summed E-state index contributed by atoms with van der Waals surface area (Å²) in [6, 6.07) is 1.03. The summed E-state index contributed by atoms with van der Waals surface area (Å²) in [6.45, 7) is 5.62. The molecule has 1 aliphatic heterocycles. The highest BCUT2D eigenvalue weighted by Gasteiger charge is 2.44. The van der Waals surface area contributed by atoms with E-state index in [4.69, 9.17) is 9.47 Å². The molecule has 2 unspecified atom stereocenters. The van der Waals surface area contributed by atoms with E-state index in [2.05, 4.69) is 0 Å². The highest BCUT2D eigenvalue weighted by molar-refractivity contribution is 5.91. The lowest BCUT2D eigenvalue weighted by molar-refractivity contribution is -0.143. The number of halogens is 9. The minimum absolute atomic E-state index is 0.0671. The first-order valence-corrected chi connectivity index (χ1v) is 13.0. The molecule has 1 heterocycles. The largest absolute Gasteiger partial charge is 0.453 e. The molecule has 0 N–H and O–H groups in total. The van der Waals surface area contributed by atoms with Crippen LogP contribution in [-0.2, 0) is 34.5 Å². The lowest BCUT2D eigenvalue weighted by Gasteiger charge is -2.45. The van der Waals surface area contributed by atoms with E-state index in [0.29, 0.717) is 18.2 Å². The van der Waals surface area contributed by atoms with Crippen molar-refractivity contribution in [2.45, 2.75) is 77.4 Å². The van der Waals surface area contributed by atoms with Crippen molar-refractivity contribution in [3.8, 4) is 0 Å². The Bertz CT molecular complexity index is 1300. The number of hydrogen-bond donors (Lipinski definition) is 0. The van der Waals surface area contributed by atoms with Gasteiger partial charge in [-0.3, -0.25) is 9.80 Å². The molecule has 0 fully saturated rings. The van der Waals surface area contributed by atoms with Crippen molar-refractivity contribution in [3.05, 3.63) is 64.2 Å². The molecule has 2 aromatic rings. The van der Waals surface area contributed by atoms with Crippen molar-refractivity contribution in [1.29, 1.82) is 0 Å². The zero-order valence-corrected chi connectivity index (χ0v) is 23.6. The Hall–Kier alpha value is -3.65. The number of anilines is 1. The van der Waals surface area contributed by atoms with Crippen LogP contribution >= 0.6 is 0 Å². The van der Waals surface area contributed by atoms with Crippen molar-refractivity contribution in [2.24, 2.45) is 5.92 Å². The van der Waals surface area contributed by atoms with Crippen molar-refractivity contribution in [3.63, 3.8) is 0 Å². The molecule has 6 nitrogen and oxygen atoms in total. The predicted octanol–water partition coefficient (Wildman–Crippen LogP) is 8.83. The van der Waals surface area contributed by atoms with E-state index in [0.717, 1.165) is 29.0 Å². The van der Waals surface area contributed by atoms with Gasteiger partial charge in [0, 0.05) is 12.6 Å². The summed E-state index contributed by atoms with van der Waals surface area (Å²) < 4.78 is 133. The molecule has 2 aromatic carbocycles. The van der Waals surface area contributed by atoms with Crippen LogP contribution < -0.4 is 4.90 Å². The number of carbonyl (C=O) groups excluding carboxylic acids is 2. The van der Waals surface area contributed by atoms with Crippen LogP contribution in [-0.4, -0.2) is 36.3 Å². The fourth-order valence-electron chi connectivity index (χ4n) is 4.94. The molecule has 0 spiro atoms. The average molecular weight is 629 g/mol. The fourth-order valence-corrected chi connectivity index (χ4v) is 4.94. The van der Waals surface area contributed by atoms with Crippen LogP contribution in [0.3, 0.4) is 0 Å². The maximum absolute atomic E-state index is 13.8. The lowest BCUT2D eigenvalue weighted by Crippen LogP contribution is -2.51. The Morgan fingerprint density at radius 3 is 1.84 bits per heavy atom. The van der Waals surface area contributed by atoms with Crippen LogP contribution in [0.1, 0.15) is 68.0 Å². The molecule has 43 heavy (non-hydrogen) atoms. The summed E-state index contributed by atoms with van der Waals surface area (Å²) >= 11 is 0. The van der Waals surface area contributed by atoms with Crippen LogP contribution in [0.4, 0.5) is 54.8 Å². The predicted molar refractivity (Wildman–Crippen MR) is 136 cm³/mol. The number of ether oxygens (including phenoxy) is 2. The third-order valence-corrected chi connectivity index (χ3v) is 6.86. The standard InChI is InChI=1S/C28H29F9N2O4/c1-14(2)22-12-23(20-11-17(26(29,30)31)6-7-21(20)39(22)25(41)43-15(3)4)38(24(40)42-5)13-16-8-18(27(32,33)34)10-19(9-16)28(35,36)37/h6-11,14-15,22-23H,12-13H2,1-5H3. The minimum Gasteiger partial charge on any atom is -0.453 e.